The Bertz CT molecular complexity index is 1340. The molecule has 0 aliphatic heterocycles. The first kappa shape index (κ1) is 26.9. The maximum Gasteiger partial charge on any atom is 0.286 e. The van der Waals surface area contributed by atoms with Crippen LogP contribution in [0.5, 0.6) is 17.4 Å². The lowest BCUT2D eigenvalue weighted by Gasteiger charge is -2.19. The average Bonchev–Trinajstić information content (AvgIpc) is 2.86. The van der Waals surface area contributed by atoms with Crippen LogP contribution in [0.4, 0.5) is 5.69 Å². The summed E-state index contributed by atoms with van der Waals surface area (Å²) in [5.41, 5.74) is -0.370. The fourth-order valence-electron chi connectivity index (χ4n) is 3.45. The van der Waals surface area contributed by atoms with E-state index in [-0.39, 0.29) is 24.4 Å². The summed E-state index contributed by atoms with van der Waals surface area (Å²) in [5.74, 6) is -0.0637. The van der Waals surface area contributed by atoms with Gasteiger partial charge in [-0.1, -0.05) is 6.07 Å². The number of sulfonamides is 1. The molecule has 0 bridgehead atoms. The molecule has 0 saturated carbocycles. The molecule has 2 heterocycles. The molecular formula is C23H29N5O7S. The summed E-state index contributed by atoms with van der Waals surface area (Å²) in [7, 11) is 0.323. The number of rotatable bonds is 12. The minimum absolute atomic E-state index is 0.00737. The number of aryl methyl sites for hydroxylation is 3. The average molecular weight is 520 g/mol. The normalized spacial score (nSPS) is 11.3. The van der Waals surface area contributed by atoms with E-state index < -0.39 is 32.9 Å². The van der Waals surface area contributed by atoms with Crippen molar-refractivity contribution in [2.45, 2.75) is 26.2 Å². The van der Waals surface area contributed by atoms with Gasteiger partial charge in [0.1, 0.15) is 28.8 Å². The molecule has 3 rings (SSSR count). The first-order chi connectivity index (χ1) is 17.2. The van der Waals surface area contributed by atoms with E-state index in [1.54, 1.807) is 37.7 Å². The summed E-state index contributed by atoms with van der Waals surface area (Å²) in [6, 6.07) is 4.93. The van der Waals surface area contributed by atoms with Crippen LogP contribution in [0.2, 0.25) is 0 Å². The van der Waals surface area contributed by atoms with Crippen LogP contribution in [0, 0.1) is 6.92 Å². The largest absolute Gasteiger partial charge is 0.494 e. The Hall–Kier alpha value is -3.71. The summed E-state index contributed by atoms with van der Waals surface area (Å²) in [6.45, 7) is 2.20. The highest BCUT2D eigenvalue weighted by Crippen LogP contribution is 2.33. The molecule has 0 unspecified atom stereocenters. The van der Waals surface area contributed by atoms with E-state index in [4.69, 9.17) is 14.2 Å². The number of hydrogen-bond acceptors (Lipinski definition) is 10. The van der Waals surface area contributed by atoms with Gasteiger partial charge in [0, 0.05) is 39.0 Å². The Morgan fingerprint density at radius 1 is 1.06 bits per heavy atom. The molecule has 3 aromatic rings. The van der Waals surface area contributed by atoms with Gasteiger partial charge in [0.15, 0.2) is 5.69 Å². The van der Waals surface area contributed by atoms with Crippen molar-refractivity contribution in [2.75, 3.05) is 38.4 Å². The molecule has 0 radical (unpaired) electrons. The predicted octanol–water partition coefficient (Wildman–Crippen LogP) is 1.62. The molecule has 13 heteroatoms. The second-order valence-corrected chi connectivity index (χ2v) is 9.66. The number of ether oxygens (including phenoxy) is 3. The lowest BCUT2D eigenvalue weighted by molar-refractivity contribution is 0.194. The van der Waals surface area contributed by atoms with Gasteiger partial charge in [-0.25, -0.2) is 18.4 Å². The highest BCUT2D eigenvalue weighted by molar-refractivity contribution is 7.92. The van der Waals surface area contributed by atoms with Crippen molar-refractivity contribution in [3.05, 3.63) is 58.2 Å². The van der Waals surface area contributed by atoms with Gasteiger partial charge in [0.2, 0.25) is 15.9 Å². The smallest absolute Gasteiger partial charge is 0.286 e. The number of anilines is 1. The molecule has 0 saturated heterocycles. The van der Waals surface area contributed by atoms with Gasteiger partial charge in [-0.15, -0.1) is 0 Å². The molecule has 194 valence electrons. The van der Waals surface area contributed by atoms with E-state index in [1.165, 1.54) is 18.8 Å². The van der Waals surface area contributed by atoms with Crippen molar-refractivity contribution < 1.29 is 27.7 Å². The molecule has 0 aliphatic carbocycles. The molecule has 1 aromatic carbocycles. The van der Waals surface area contributed by atoms with Crippen LogP contribution in [-0.4, -0.2) is 66.7 Å². The fourth-order valence-corrected chi connectivity index (χ4v) is 4.49. The van der Waals surface area contributed by atoms with Crippen LogP contribution in [0.15, 0.2) is 35.4 Å². The SMILES string of the molecule is COCCCc1nc(O)c(NS(=O)(=O)CCc2ncc(C)cn2)c(=O)n1-c1c(OC)cccc1OC. The van der Waals surface area contributed by atoms with Crippen LogP contribution >= 0.6 is 0 Å². The Morgan fingerprint density at radius 2 is 1.69 bits per heavy atom. The highest BCUT2D eigenvalue weighted by Gasteiger charge is 2.25. The van der Waals surface area contributed by atoms with E-state index in [1.807, 2.05) is 6.92 Å². The van der Waals surface area contributed by atoms with Crippen molar-refractivity contribution >= 4 is 15.7 Å². The molecule has 36 heavy (non-hydrogen) atoms. The predicted molar refractivity (Wildman–Crippen MR) is 133 cm³/mol. The van der Waals surface area contributed by atoms with Crippen molar-refractivity contribution in [2.24, 2.45) is 0 Å². The summed E-state index contributed by atoms with van der Waals surface area (Å²) in [6.07, 6.45) is 3.91. The topological polar surface area (TPSA) is 155 Å². The van der Waals surface area contributed by atoms with Crippen molar-refractivity contribution in [1.82, 2.24) is 19.5 Å². The molecule has 2 aromatic heterocycles. The minimum Gasteiger partial charge on any atom is -0.494 e. The van der Waals surface area contributed by atoms with Gasteiger partial charge in [0.05, 0.1) is 20.0 Å². The Morgan fingerprint density at radius 3 is 2.28 bits per heavy atom. The lowest BCUT2D eigenvalue weighted by atomic mass is 10.2. The molecule has 0 amide bonds. The zero-order valence-electron chi connectivity index (χ0n) is 20.5. The van der Waals surface area contributed by atoms with E-state index in [0.717, 1.165) is 5.56 Å². The molecule has 0 spiro atoms. The van der Waals surface area contributed by atoms with Crippen molar-refractivity contribution in [3.8, 4) is 23.1 Å². The number of benzene rings is 1. The first-order valence-corrected chi connectivity index (χ1v) is 12.7. The van der Waals surface area contributed by atoms with Crippen LogP contribution in [0.3, 0.4) is 0 Å². The summed E-state index contributed by atoms with van der Waals surface area (Å²) < 4.78 is 45.0. The van der Waals surface area contributed by atoms with E-state index in [0.29, 0.717) is 30.4 Å². The zero-order valence-corrected chi connectivity index (χ0v) is 21.3. The summed E-state index contributed by atoms with van der Waals surface area (Å²) >= 11 is 0. The minimum atomic E-state index is -4.08. The molecule has 12 nitrogen and oxygen atoms in total. The number of aromatic nitrogens is 4. The quantitative estimate of drug-likeness (QED) is 0.337. The first-order valence-electron chi connectivity index (χ1n) is 11.0. The van der Waals surface area contributed by atoms with E-state index >= 15 is 0 Å². The van der Waals surface area contributed by atoms with Gasteiger partial charge in [0.25, 0.3) is 5.56 Å². The van der Waals surface area contributed by atoms with E-state index in [9.17, 15) is 18.3 Å². The van der Waals surface area contributed by atoms with Gasteiger partial charge < -0.3 is 19.3 Å². The van der Waals surface area contributed by atoms with Crippen molar-refractivity contribution in [3.63, 3.8) is 0 Å². The Balaban J connectivity index is 2.06. The zero-order chi connectivity index (χ0) is 26.3. The van der Waals surface area contributed by atoms with Gasteiger partial charge >= 0.3 is 0 Å². The molecular weight excluding hydrogens is 490 g/mol. The maximum absolute atomic E-state index is 13.6. The molecule has 0 aliphatic rings. The maximum atomic E-state index is 13.6. The molecule has 2 N–H and O–H groups in total. The van der Waals surface area contributed by atoms with Crippen LogP contribution < -0.4 is 19.8 Å². The summed E-state index contributed by atoms with van der Waals surface area (Å²) in [5, 5.41) is 10.6. The standard InChI is InChI=1S/C23H29N5O7S/c1-15-13-24-18(25-14-15)10-12-36(31,32)27-20-22(29)26-19(9-6-11-33-2)28(23(20)30)21-16(34-3)7-5-8-17(21)35-4/h5,7-8,13-14,27,29H,6,9-12H2,1-4H3. The number of hydrogen-bond donors (Lipinski definition) is 2. The number of aromatic hydroxyl groups is 1. The fraction of sp³-hybridized carbons (Fsp3) is 0.391. The van der Waals surface area contributed by atoms with E-state index in [2.05, 4.69) is 19.7 Å². The third-order valence-corrected chi connectivity index (χ3v) is 6.45. The van der Waals surface area contributed by atoms with Gasteiger partial charge in [-0.3, -0.25) is 14.1 Å². The third kappa shape index (κ3) is 6.29. The van der Waals surface area contributed by atoms with Gasteiger partial charge in [-0.2, -0.15) is 4.98 Å². The number of methoxy groups -OCH3 is 3. The lowest BCUT2D eigenvalue weighted by Crippen LogP contribution is -2.30. The monoisotopic (exact) mass is 519 g/mol. The Labute approximate surface area is 209 Å². The van der Waals surface area contributed by atoms with Crippen LogP contribution in [0.1, 0.15) is 23.6 Å². The number of nitrogens with one attached hydrogen (secondary N) is 1. The van der Waals surface area contributed by atoms with Gasteiger partial charge in [-0.05, 0) is 31.0 Å². The second-order valence-electron chi connectivity index (χ2n) is 7.82. The molecule has 0 atom stereocenters. The van der Waals surface area contributed by atoms with Crippen LogP contribution in [0.25, 0.3) is 5.69 Å². The highest BCUT2D eigenvalue weighted by atomic mass is 32.2. The van der Waals surface area contributed by atoms with Crippen molar-refractivity contribution in [1.29, 1.82) is 0 Å². The molecule has 0 fully saturated rings. The summed E-state index contributed by atoms with van der Waals surface area (Å²) in [4.78, 5) is 26.0. The Kier molecular flexibility index (Phi) is 8.83. The van der Waals surface area contributed by atoms with Crippen LogP contribution in [-0.2, 0) is 27.6 Å². The number of para-hydroxylation sites is 1. The number of nitrogens with zero attached hydrogens (tertiary/aromatic N) is 4. The second kappa shape index (κ2) is 11.8. The third-order valence-electron chi connectivity index (χ3n) is 5.19.